The van der Waals surface area contributed by atoms with Gasteiger partial charge in [-0.25, -0.2) is 8.42 Å². The summed E-state index contributed by atoms with van der Waals surface area (Å²) in [5, 5.41) is 0.707. The molecule has 0 unspecified atom stereocenters. The number of hydrogen-bond acceptors (Lipinski definition) is 2. The Labute approximate surface area is 154 Å². The normalized spacial score (nSPS) is 12.3. The Morgan fingerprint density at radius 3 is 2.00 bits per heavy atom. The van der Waals surface area contributed by atoms with Gasteiger partial charge in [0.15, 0.2) is 0 Å². The molecule has 0 saturated heterocycles. The molecule has 2 rings (SSSR count). The van der Waals surface area contributed by atoms with E-state index in [4.69, 9.17) is 23.2 Å². The second-order valence-electron chi connectivity index (χ2n) is 6.92. The number of sulfonamides is 1. The second kappa shape index (κ2) is 6.58. The van der Waals surface area contributed by atoms with E-state index in [1.165, 1.54) is 6.07 Å². The largest absolute Gasteiger partial charge is 0.278 e. The predicted octanol–water partition coefficient (Wildman–Crippen LogP) is 5.71. The van der Waals surface area contributed by atoms with Crippen LogP contribution < -0.4 is 4.72 Å². The fourth-order valence-corrected chi connectivity index (χ4v) is 4.50. The first-order chi connectivity index (χ1) is 10.9. The summed E-state index contributed by atoms with van der Waals surface area (Å²) < 4.78 is 28.2. The first-order valence-electron chi connectivity index (χ1n) is 7.51. The van der Waals surface area contributed by atoms with Crippen molar-refractivity contribution in [2.24, 2.45) is 0 Å². The summed E-state index contributed by atoms with van der Waals surface area (Å²) in [5.41, 5.74) is 2.71. The van der Waals surface area contributed by atoms with Gasteiger partial charge in [0, 0.05) is 5.02 Å². The molecule has 6 heteroatoms. The quantitative estimate of drug-likeness (QED) is 0.735. The van der Waals surface area contributed by atoms with Gasteiger partial charge in [0.2, 0.25) is 0 Å². The third-order valence-corrected chi connectivity index (χ3v) is 6.00. The lowest BCUT2D eigenvalue weighted by Crippen LogP contribution is -2.18. The van der Waals surface area contributed by atoms with Gasteiger partial charge in [-0.15, -0.1) is 0 Å². The van der Waals surface area contributed by atoms with E-state index in [0.29, 0.717) is 21.2 Å². The topological polar surface area (TPSA) is 46.2 Å². The van der Waals surface area contributed by atoms with Crippen molar-refractivity contribution in [1.29, 1.82) is 0 Å². The van der Waals surface area contributed by atoms with Gasteiger partial charge in [-0.05, 0) is 54.2 Å². The molecule has 24 heavy (non-hydrogen) atoms. The lowest BCUT2D eigenvalue weighted by molar-refractivity contribution is 0.585. The molecule has 0 bridgehead atoms. The van der Waals surface area contributed by atoms with Crippen molar-refractivity contribution in [3.05, 3.63) is 57.1 Å². The predicted molar refractivity (Wildman–Crippen MR) is 102 cm³/mol. The lowest BCUT2D eigenvalue weighted by atomic mass is 9.85. The molecule has 0 radical (unpaired) electrons. The fraction of sp³-hybridized carbons (Fsp3) is 0.333. The standard InChI is InChI=1S/C18H21Cl2NO2S/c1-11-8-13(18(3,4)5)9-12(2)17(11)24(22,23)21-16-10-14(19)6-7-15(16)20/h6-10,21H,1-5H3. The molecular formula is C18H21Cl2NO2S. The third-order valence-electron chi connectivity index (χ3n) is 3.77. The van der Waals surface area contributed by atoms with Crippen molar-refractivity contribution in [1.82, 2.24) is 0 Å². The van der Waals surface area contributed by atoms with Gasteiger partial charge in [-0.2, -0.15) is 0 Å². The van der Waals surface area contributed by atoms with Crippen molar-refractivity contribution in [2.45, 2.75) is 44.9 Å². The van der Waals surface area contributed by atoms with E-state index in [2.05, 4.69) is 25.5 Å². The summed E-state index contributed by atoms with van der Waals surface area (Å²) in [7, 11) is -3.77. The average Bonchev–Trinajstić information content (AvgIpc) is 2.40. The lowest BCUT2D eigenvalue weighted by Gasteiger charge is -2.22. The van der Waals surface area contributed by atoms with Crippen LogP contribution in [0.4, 0.5) is 5.69 Å². The molecule has 0 fully saturated rings. The molecule has 0 spiro atoms. The first kappa shape index (κ1) is 19.1. The Hall–Kier alpha value is -1.23. The van der Waals surface area contributed by atoms with E-state index < -0.39 is 10.0 Å². The molecule has 0 amide bonds. The zero-order valence-electron chi connectivity index (χ0n) is 14.4. The van der Waals surface area contributed by atoms with Crippen LogP contribution in [0, 0.1) is 13.8 Å². The van der Waals surface area contributed by atoms with Crippen LogP contribution in [0.1, 0.15) is 37.5 Å². The number of benzene rings is 2. The van der Waals surface area contributed by atoms with Crippen LogP contribution >= 0.6 is 23.2 Å². The summed E-state index contributed by atoms with van der Waals surface area (Å²) in [6.45, 7) is 9.89. The molecule has 1 N–H and O–H groups in total. The van der Waals surface area contributed by atoms with Gasteiger partial charge < -0.3 is 0 Å². The van der Waals surface area contributed by atoms with Gasteiger partial charge in [0.25, 0.3) is 10.0 Å². The Balaban J connectivity index is 2.52. The number of anilines is 1. The number of aryl methyl sites for hydroxylation is 2. The van der Waals surface area contributed by atoms with Crippen molar-refractivity contribution in [3.63, 3.8) is 0 Å². The summed E-state index contributed by atoms with van der Waals surface area (Å²) in [5.74, 6) is 0. The van der Waals surface area contributed by atoms with E-state index >= 15 is 0 Å². The van der Waals surface area contributed by atoms with Gasteiger partial charge in [-0.1, -0.05) is 56.1 Å². The Morgan fingerprint density at radius 2 is 1.50 bits per heavy atom. The molecule has 0 aliphatic heterocycles. The second-order valence-corrected chi connectivity index (χ2v) is 9.38. The van der Waals surface area contributed by atoms with Crippen molar-refractivity contribution < 1.29 is 8.42 Å². The molecule has 0 atom stereocenters. The van der Waals surface area contributed by atoms with E-state index in [1.54, 1.807) is 26.0 Å². The van der Waals surface area contributed by atoms with Crippen molar-refractivity contribution >= 4 is 38.9 Å². The molecule has 0 saturated carbocycles. The SMILES string of the molecule is Cc1cc(C(C)(C)C)cc(C)c1S(=O)(=O)Nc1cc(Cl)ccc1Cl. The number of hydrogen-bond donors (Lipinski definition) is 1. The highest BCUT2D eigenvalue weighted by molar-refractivity contribution is 7.92. The van der Waals surface area contributed by atoms with E-state index in [0.717, 1.165) is 5.56 Å². The smallest absolute Gasteiger partial charge is 0.262 e. The maximum atomic E-state index is 12.9. The van der Waals surface area contributed by atoms with E-state index in [9.17, 15) is 8.42 Å². The third kappa shape index (κ3) is 4.05. The van der Waals surface area contributed by atoms with Crippen molar-refractivity contribution in [3.8, 4) is 0 Å². The summed E-state index contributed by atoms with van der Waals surface area (Å²) in [6.07, 6.45) is 0. The van der Waals surface area contributed by atoms with Crippen LogP contribution in [0.5, 0.6) is 0 Å². The summed E-state index contributed by atoms with van der Waals surface area (Å²) in [4.78, 5) is 0.270. The number of halogens is 2. The van der Waals surface area contributed by atoms with Crippen LogP contribution in [0.3, 0.4) is 0 Å². The monoisotopic (exact) mass is 385 g/mol. The van der Waals surface area contributed by atoms with Crippen molar-refractivity contribution in [2.75, 3.05) is 4.72 Å². The Kier molecular flexibility index (Phi) is 5.24. The van der Waals surface area contributed by atoms with Crippen LogP contribution in [0.25, 0.3) is 0 Å². The maximum Gasteiger partial charge on any atom is 0.262 e. The van der Waals surface area contributed by atoms with Crippen LogP contribution in [-0.4, -0.2) is 8.42 Å². The average molecular weight is 386 g/mol. The summed E-state index contributed by atoms with van der Waals surface area (Å²) >= 11 is 12.0. The van der Waals surface area contributed by atoms with Gasteiger partial charge >= 0.3 is 0 Å². The Morgan fingerprint density at radius 1 is 0.958 bits per heavy atom. The highest BCUT2D eigenvalue weighted by atomic mass is 35.5. The van der Waals surface area contributed by atoms with Crippen LogP contribution in [-0.2, 0) is 15.4 Å². The minimum Gasteiger partial charge on any atom is -0.278 e. The molecule has 0 heterocycles. The molecule has 2 aromatic rings. The fourth-order valence-electron chi connectivity index (χ4n) is 2.58. The number of rotatable bonds is 3. The van der Waals surface area contributed by atoms with E-state index in [1.807, 2.05) is 12.1 Å². The van der Waals surface area contributed by atoms with Crippen LogP contribution in [0.2, 0.25) is 10.0 Å². The molecule has 0 aliphatic rings. The number of nitrogens with one attached hydrogen (secondary N) is 1. The zero-order valence-corrected chi connectivity index (χ0v) is 16.7. The highest BCUT2D eigenvalue weighted by Gasteiger charge is 2.24. The molecule has 3 nitrogen and oxygen atoms in total. The van der Waals surface area contributed by atoms with Gasteiger partial charge in [0.05, 0.1) is 15.6 Å². The van der Waals surface area contributed by atoms with Crippen LogP contribution in [0.15, 0.2) is 35.2 Å². The molecular weight excluding hydrogens is 365 g/mol. The highest BCUT2D eigenvalue weighted by Crippen LogP contribution is 2.32. The first-order valence-corrected chi connectivity index (χ1v) is 9.75. The van der Waals surface area contributed by atoms with E-state index in [-0.39, 0.29) is 16.0 Å². The maximum absolute atomic E-state index is 12.9. The summed E-state index contributed by atoms with van der Waals surface area (Å²) in [6, 6.07) is 8.50. The molecule has 2 aromatic carbocycles. The zero-order chi connectivity index (χ0) is 18.3. The minimum atomic E-state index is -3.77. The Bertz CT molecular complexity index is 861. The van der Waals surface area contributed by atoms with Gasteiger partial charge in [-0.3, -0.25) is 4.72 Å². The minimum absolute atomic E-state index is 0.0541. The molecule has 0 aromatic heterocycles. The molecule has 130 valence electrons. The molecule has 0 aliphatic carbocycles. The van der Waals surface area contributed by atoms with Gasteiger partial charge in [0.1, 0.15) is 0 Å².